The van der Waals surface area contributed by atoms with Crippen LogP contribution in [0.4, 0.5) is 5.82 Å². The Labute approximate surface area is 209 Å². The first kappa shape index (κ1) is 23.4. The van der Waals surface area contributed by atoms with Crippen molar-refractivity contribution in [3.63, 3.8) is 0 Å². The van der Waals surface area contributed by atoms with Gasteiger partial charge in [-0.1, -0.05) is 49.4 Å². The van der Waals surface area contributed by atoms with Crippen molar-refractivity contribution in [3.8, 4) is 10.4 Å². The number of amides is 1. The zero-order valence-electron chi connectivity index (χ0n) is 19.7. The number of hydrogen-bond donors (Lipinski definition) is 2. The fourth-order valence-electron chi connectivity index (χ4n) is 4.41. The average Bonchev–Trinajstić information content (AvgIpc) is 3.37. The maximum Gasteiger partial charge on any atom is 0.253 e. The number of nitrogens with one attached hydrogen (secondary N) is 1. The van der Waals surface area contributed by atoms with Gasteiger partial charge in [0.25, 0.3) is 5.91 Å². The number of aliphatic hydroxyl groups excluding tert-OH is 1. The highest BCUT2D eigenvalue weighted by molar-refractivity contribution is 7.22. The van der Waals surface area contributed by atoms with Gasteiger partial charge in [0.2, 0.25) is 0 Å². The molecule has 3 heterocycles. The standard InChI is InChI=1S/C27H29N5O2S/c1-2-31-12-14-32(15-13-31)27(34)21-10-8-20(9-11-21)24-16-22-25(35-24)26(29-18-28-22)30-23(17-33)19-6-4-3-5-7-19/h3-11,16,18,23,33H,2,12-15,17H2,1H3,(H,28,29,30). The molecule has 1 fully saturated rings. The van der Waals surface area contributed by atoms with E-state index in [0.717, 1.165) is 64.5 Å². The minimum atomic E-state index is -0.260. The number of hydrogen-bond acceptors (Lipinski definition) is 7. The number of anilines is 1. The third-order valence-corrected chi connectivity index (χ3v) is 7.71. The molecule has 4 aromatic rings. The van der Waals surface area contributed by atoms with Gasteiger partial charge in [-0.05, 0) is 35.9 Å². The summed E-state index contributed by atoms with van der Waals surface area (Å²) in [7, 11) is 0. The third kappa shape index (κ3) is 5.05. The lowest BCUT2D eigenvalue weighted by molar-refractivity contribution is 0.0643. The Bertz CT molecular complexity index is 1280. The second-order valence-corrected chi connectivity index (χ2v) is 9.69. The third-order valence-electron chi connectivity index (χ3n) is 6.53. The molecule has 2 N–H and O–H groups in total. The minimum absolute atomic E-state index is 0.0449. The average molecular weight is 488 g/mol. The van der Waals surface area contributed by atoms with E-state index in [1.807, 2.05) is 65.6 Å². The van der Waals surface area contributed by atoms with Crippen molar-refractivity contribution in [2.45, 2.75) is 13.0 Å². The molecule has 1 aliphatic rings. The minimum Gasteiger partial charge on any atom is -0.394 e. The molecule has 2 aromatic heterocycles. The van der Waals surface area contributed by atoms with Crippen LogP contribution in [0.5, 0.6) is 0 Å². The molecule has 1 unspecified atom stereocenters. The smallest absolute Gasteiger partial charge is 0.253 e. The SMILES string of the molecule is CCN1CCN(C(=O)c2ccc(-c3cc4ncnc(NC(CO)c5ccccc5)c4s3)cc2)CC1. The van der Waals surface area contributed by atoms with Crippen molar-refractivity contribution in [2.24, 2.45) is 0 Å². The molecule has 7 nitrogen and oxygen atoms in total. The van der Waals surface area contributed by atoms with E-state index < -0.39 is 0 Å². The summed E-state index contributed by atoms with van der Waals surface area (Å²) < 4.78 is 0.936. The van der Waals surface area contributed by atoms with Gasteiger partial charge >= 0.3 is 0 Å². The van der Waals surface area contributed by atoms with Gasteiger partial charge in [0.05, 0.1) is 22.9 Å². The lowest BCUT2D eigenvalue weighted by atomic mass is 10.1. The van der Waals surface area contributed by atoms with Crippen molar-refractivity contribution >= 4 is 33.3 Å². The van der Waals surface area contributed by atoms with Gasteiger partial charge < -0.3 is 20.2 Å². The molecule has 35 heavy (non-hydrogen) atoms. The summed E-state index contributed by atoms with van der Waals surface area (Å²) in [6.07, 6.45) is 1.54. The number of aliphatic hydroxyl groups is 1. The number of benzene rings is 2. The summed E-state index contributed by atoms with van der Waals surface area (Å²) in [6.45, 7) is 6.55. The molecule has 1 amide bonds. The molecule has 0 saturated carbocycles. The quantitative estimate of drug-likeness (QED) is 0.405. The highest BCUT2D eigenvalue weighted by Gasteiger charge is 2.21. The van der Waals surface area contributed by atoms with E-state index in [9.17, 15) is 9.90 Å². The van der Waals surface area contributed by atoms with E-state index in [1.165, 1.54) is 0 Å². The number of fused-ring (bicyclic) bond motifs is 1. The van der Waals surface area contributed by atoms with Gasteiger partial charge in [0.1, 0.15) is 12.1 Å². The largest absolute Gasteiger partial charge is 0.394 e. The number of piperazine rings is 1. The monoisotopic (exact) mass is 487 g/mol. The second-order valence-electron chi connectivity index (χ2n) is 8.64. The Balaban J connectivity index is 1.35. The molecular weight excluding hydrogens is 458 g/mol. The summed E-state index contributed by atoms with van der Waals surface area (Å²) in [5, 5.41) is 13.3. The van der Waals surface area contributed by atoms with E-state index in [2.05, 4.69) is 27.1 Å². The lowest BCUT2D eigenvalue weighted by Gasteiger charge is -2.34. The molecule has 1 aliphatic heterocycles. The Morgan fingerprint density at radius 1 is 1.06 bits per heavy atom. The number of carbonyl (C=O) groups excluding carboxylic acids is 1. The Morgan fingerprint density at radius 2 is 1.80 bits per heavy atom. The van der Waals surface area contributed by atoms with Crippen LogP contribution >= 0.6 is 11.3 Å². The molecule has 0 radical (unpaired) electrons. The summed E-state index contributed by atoms with van der Waals surface area (Å²) >= 11 is 1.60. The highest BCUT2D eigenvalue weighted by Crippen LogP contribution is 2.36. The van der Waals surface area contributed by atoms with Crippen molar-refractivity contribution in [3.05, 3.63) is 78.1 Å². The van der Waals surface area contributed by atoms with Crippen LogP contribution in [-0.2, 0) is 0 Å². The van der Waals surface area contributed by atoms with Crippen molar-refractivity contribution in [1.82, 2.24) is 19.8 Å². The number of aromatic nitrogens is 2. The number of thiophene rings is 1. The van der Waals surface area contributed by atoms with Gasteiger partial charge in [-0.2, -0.15) is 0 Å². The molecular formula is C27H29N5O2S. The van der Waals surface area contributed by atoms with Crippen LogP contribution in [0.15, 0.2) is 67.0 Å². The summed E-state index contributed by atoms with van der Waals surface area (Å²) in [6, 6.07) is 19.5. The number of likely N-dealkylation sites (N-methyl/N-ethyl adjacent to an activating group) is 1. The van der Waals surface area contributed by atoms with Gasteiger partial charge in [0.15, 0.2) is 0 Å². The molecule has 0 spiro atoms. The van der Waals surface area contributed by atoms with Crippen molar-refractivity contribution in [2.75, 3.05) is 44.6 Å². The molecule has 1 atom stereocenters. The number of nitrogens with zero attached hydrogens (tertiary/aromatic N) is 4. The maximum atomic E-state index is 12.9. The fourth-order valence-corrected chi connectivity index (χ4v) is 5.48. The fraction of sp³-hybridized carbons (Fsp3) is 0.296. The first-order chi connectivity index (χ1) is 17.2. The van der Waals surface area contributed by atoms with Crippen LogP contribution in [-0.4, -0.2) is 70.1 Å². The Kier molecular flexibility index (Phi) is 7.03. The number of rotatable bonds is 7. The Hall–Kier alpha value is -3.33. The van der Waals surface area contributed by atoms with E-state index in [4.69, 9.17) is 0 Å². The van der Waals surface area contributed by atoms with Crippen LogP contribution in [0.3, 0.4) is 0 Å². The van der Waals surface area contributed by atoms with E-state index in [1.54, 1.807) is 17.7 Å². The topological polar surface area (TPSA) is 81.6 Å². The first-order valence-electron chi connectivity index (χ1n) is 11.9. The maximum absolute atomic E-state index is 12.9. The molecule has 2 aromatic carbocycles. The van der Waals surface area contributed by atoms with Gasteiger partial charge in [0, 0.05) is 36.6 Å². The molecule has 1 saturated heterocycles. The molecule has 5 rings (SSSR count). The zero-order chi connectivity index (χ0) is 24.2. The van der Waals surface area contributed by atoms with Crippen LogP contribution in [0.2, 0.25) is 0 Å². The summed E-state index contributed by atoms with van der Waals surface area (Å²) in [5.41, 5.74) is 3.60. The van der Waals surface area contributed by atoms with Crippen LogP contribution in [0, 0.1) is 0 Å². The van der Waals surface area contributed by atoms with Gasteiger partial charge in [-0.15, -0.1) is 11.3 Å². The van der Waals surface area contributed by atoms with E-state index in [-0.39, 0.29) is 18.6 Å². The van der Waals surface area contributed by atoms with Gasteiger partial charge in [-0.3, -0.25) is 4.79 Å². The van der Waals surface area contributed by atoms with Crippen LogP contribution in [0.1, 0.15) is 28.9 Å². The predicted molar refractivity (Wildman–Crippen MR) is 141 cm³/mol. The molecule has 180 valence electrons. The predicted octanol–water partition coefficient (Wildman–Crippen LogP) is 4.28. The number of carbonyl (C=O) groups is 1. The summed E-state index contributed by atoms with van der Waals surface area (Å²) in [4.78, 5) is 27.2. The normalized spacial score (nSPS) is 15.3. The van der Waals surface area contributed by atoms with Crippen molar-refractivity contribution in [1.29, 1.82) is 0 Å². The first-order valence-corrected chi connectivity index (χ1v) is 12.8. The van der Waals surface area contributed by atoms with E-state index >= 15 is 0 Å². The van der Waals surface area contributed by atoms with Crippen LogP contribution < -0.4 is 5.32 Å². The second kappa shape index (κ2) is 10.5. The molecule has 8 heteroatoms. The van der Waals surface area contributed by atoms with Crippen molar-refractivity contribution < 1.29 is 9.90 Å². The zero-order valence-corrected chi connectivity index (χ0v) is 20.5. The molecule has 0 aliphatic carbocycles. The summed E-state index contributed by atoms with van der Waals surface area (Å²) in [5.74, 6) is 0.795. The lowest BCUT2D eigenvalue weighted by Crippen LogP contribution is -2.48. The van der Waals surface area contributed by atoms with Crippen LogP contribution in [0.25, 0.3) is 20.7 Å². The van der Waals surface area contributed by atoms with E-state index in [0.29, 0.717) is 5.82 Å². The highest BCUT2D eigenvalue weighted by atomic mass is 32.1. The van der Waals surface area contributed by atoms with Gasteiger partial charge in [-0.25, -0.2) is 9.97 Å². The Morgan fingerprint density at radius 3 is 2.49 bits per heavy atom. The molecule has 0 bridgehead atoms.